The van der Waals surface area contributed by atoms with Gasteiger partial charge in [-0.15, -0.1) is 0 Å². The van der Waals surface area contributed by atoms with Gasteiger partial charge in [-0.2, -0.15) is 5.10 Å². The van der Waals surface area contributed by atoms with Crippen LogP contribution in [0.1, 0.15) is 12.5 Å². The van der Waals surface area contributed by atoms with Gasteiger partial charge in [-0.3, -0.25) is 5.10 Å². The molecule has 0 fully saturated rings. The van der Waals surface area contributed by atoms with E-state index in [1.54, 1.807) is 12.4 Å². The van der Waals surface area contributed by atoms with Crippen molar-refractivity contribution in [3.05, 3.63) is 24.2 Å². The molecule has 0 spiro atoms. The molecule has 0 amide bonds. The van der Waals surface area contributed by atoms with Crippen molar-refractivity contribution in [2.24, 2.45) is 0 Å². The van der Waals surface area contributed by atoms with Crippen molar-refractivity contribution < 1.29 is 0 Å². The molecule has 0 bridgehead atoms. The average Bonchev–Trinajstić information content (AvgIpc) is 2.83. The number of imidazole rings is 1. The van der Waals surface area contributed by atoms with E-state index in [9.17, 15) is 0 Å². The number of anilines is 2. The van der Waals surface area contributed by atoms with Crippen molar-refractivity contribution in [2.75, 3.05) is 11.1 Å². The summed E-state index contributed by atoms with van der Waals surface area (Å²) in [4.78, 5) is 4.20. The van der Waals surface area contributed by atoms with Crippen LogP contribution < -0.4 is 11.1 Å². The maximum absolute atomic E-state index is 5.67. The number of nitrogens with one attached hydrogen (secondary N) is 2. The third-order valence-corrected chi connectivity index (χ3v) is 2.24. The van der Waals surface area contributed by atoms with Gasteiger partial charge in [0.15, 0.2) is 0 Å². The summed E-state index contributed by atoms with van der Waals surface area (Å²) in [5.74, 6) is 1.44. The number of hydrogen-bond donors (Lipinski definition) is 3. The minimum atomic E-state index is 0.595. The molecule has 4 N–H and O–H groups in total. The highest BCUT2D eigenvalue weighted by atomic mass is 15.2. The number of nitrogens with zero attached hydrogens (tertiary/aromatic N) is 3. The van der Waals surface area contributed by atoms with Crippen molar-refractivity contribution >= 4 is 11.8 Å². The summed E-state index contributed by atoms with van der Waals surface area (Å²) in [5, 5.41) is 9.73. The Balaban J connectivity index is 2.02. The molecule has 0 atom stereocenters. The smallest absolute Gasteiger partial charge is 0.203 e. The third kappa shape index (κ3) is 1.93. The number of nitrogen functional groups attached to an aromatic ring is 1. The molecule has 0 saturated heterocycles. The highest BCUT2D eigenvalue weighted by Gasteiger charge is 2.03. The van der Waals surface area contributed by atoms with E-state index in [-0.39, 0.29) is 0 Å². The normalized spacial score (nSPS) is 10.5. The standard InChI is InChI=1S/C9H14N6/c1-2-15-4-3-11-9(15)12-5-7-6-13-14-8(7)10/h3-4,6H,2,5H2,1H3,(H,11,12)(H3,10,13,14). The van der Waals surface area contributed by atoms with Crippen molar-refractivity contribution in [3.8, 4) is 0 Å². The third-order valence-electron chi connectivity index (χ3n) is 2.24. The van der Waals surface area contributed by atoms with Gasteiger partial charge in [0.05, 0.1) is 6.20 Å². The predicted octanol–water partition coefficient (Wildman–Crippen LogP) is 0.820. The van der Waals surface area contributed by atoms with Gasteiger partial charge in [0, 0.05) is 31.0 Å². The van der Waals surface area contributed by atoms with Gasteiger partial charge < -0.3 is 15.6 Å². The summed E-state index contributed by atoms with van der Waals surface area (Å²) in [7, 11) is 0. The number of rotatable bonds is 4. The summed E-state index contributed by atoms with van der Waals surface area (Å²) in [6, 6.07) is 0. The number of aromatic amines is 1. The Bertz CT molecular complexity index is 429. The Labute approximate surface area is 87.5 Å². The van der Waals surface area contributed by atoms with Gasteiger partial charge in [0.2, 0.25) is 5.95 Å². The van der Waals surface area contributed by atoms with Crippen LogP contribution >= 0.6 is 0 Å². The first-order chi connectivity index (χ1) is 7.31. The van der Waals surface area contributed by atoms with E-state index >= 15 is 0 Å². The minimum Gasteiger partial charge on any atom is -0.384 e. The molecule has 6 nitrogen and oxygen atoms in total. The molecular weight excluding hydrogens is 192 g/mol. The lowest BCUT2D eigenvalue weighted by Crippen LogP contribution is -2.07. The van der Waals surface area contributed by atoms with Gasteiger partial charge in [0.1, 0.15) is 5.82 Å². The average molecular weight is 206 g/mol. The molecule has 15 heavy (non-hydrogen) atoms. The maximum Gasteiger partial charge on any atom is 0.203 e. The zero-order chi connectivity index (χ0) is 10.7. The number of nitrogens with two attached hydrogens (primary N) is 1. The topological polar surface area (TPSA) is 84.5 Å². The lowest BCUT2D eigenvalue weighted by Gasteiger charge is -2.06. The molecule has 0 aromatic carbocycles. The van der Waals surface area contributed by atoms with E-state index in [1.807, 2.05) is 10.8 Å². The van der Waals surface area contributed by atoms with E-state index in [4.69, 9.17) is 5.73 Å². The Morgan fingerprint density at radius 2 is 2.47 bits per heavy atom. The largest absolute Gasteiger partial charge is 0.384 e. The van der Waals surface area contributed by atoms with Crippen LogP contribution in [0.25, 0.3) is 0 Å². The highest BCUT2D eigenvalue weighted by Crippen LogP contribution is 2.10. The SMILES string of the molecule is CCn1ccnc1NCc1cn[nH]c1N. The van der Waals surface area contributed by atoms with Crippen LogP contribution in [0.2, 0.25) is 0 Å². The molecule has 80 valence electrons. The fourth-order valence-corrected chi connectivity index (χ4v) is 1.37. The molecular formula is C9H14N6. The predicted molar refractivity (Wildman–Crippen MR) is 58.2 cm³/mol. The lowest BCUT2D eigenvalue weighted by atomic mass is 10.3. The molecule has 6 heteroatoms. The molecule has 2 aromatic rings. The molecule has 0 saturated carbocycles. The first-order valence-electron chi connectivity index (χ1n) is 4.84. The molecule has 0 aliphatic rings. The second-order valence-electron chi connectivity index (χ2n) is 3.20. The van der Waals surface area contributed by atoms with Crippen LogP contribution in [-0.2, 0) is 13.1 Å². The first-order valence-corrected chi connectivity index (χ1v) is 4.84. The van der Waals surface area contributed by atoms with E-state index in [0.29, 0.717) is 12.4 Å². The minimum absolute atomic E-state index is 0.595. The van der Waals surface area contributed by atoms with Crippen molar-refractivity contribution in [1.29, 1.82) is 0 Å². The van der Waals surface area contributed by atoms with Crippen LogP contribution in [0.15, 0.2) is 18.6 Å². The van der Waals surface area contributed by atoms with Crippen molar-refractivity contribution in [1.82, 2.24) is 19.7 Å². The fourth-order valence-electron chi connectivity index (χ4n) is 1.37. The number of aryl methyl sites for hydroxylation is 1. The molecule has 0 radical (unpaired) electrons. The van der Waals surface area contributed by atoms with Crippen LogP contribution in [0.4, 0.5) is 11.8 Å². The Morgan fingerprint density at radius 1 is 1.60 bits per heavy atom. The quantitative estimate of drug-likeness (QED) is 0.691. The fraction of sp³-hybridized carbons (Fsp3) is 0.333. The molecule has 2 aromatic heterocycles. The number of aromatic nitrogens is 4. The second-order valence-corrected chi connectivity index (χ2v) is 3.20. The van der Waals surface area contributed by atoms with Gasteiger partial charge in [-0.25, -0.2) is 4.98 Å². The molecule has 0 aliphatic heterocycles. The van der Waals surface area contributed by atoms with E-state index < -0.39 is 0 Å². The summed E-state index contributed by atoms with van der Waals surface area (Å²) < 4.78 is 2.02. The summed E-state index contributed by atoms with van der Waals surface area (Å²) in [6.07, 6.45) is 5.41. The zero-order valence-corrected chi connectivity index (χ0v) is 8.57. The van der Waals surface area contributed by atoms with E-state index in [2.05, 4.69) is 27.4 Å². The Morgan fingerprint density at radius 3 is 3.13 bits per heavy atom. The highest BCUT2D eigenvalue weighted by molar-refractivity contribution is 5.39. The number of hydrogen-bond acceptors (Lipinski definition) is 4. The van der Waals surface area contributed by atoms with Gasteiger partial charge in [-0.05, 0) is 6.92 Å². The van der Waals surface area contributed by atoms with Gasteiger partial charge in [0.25, 0.3) is 0 Å². The monoisotopic (exact) mass is 206 g/mol. The van der Waals surface area contributed by atoms with Crippen LogP contribution in [0.3, 0.4) is 0 Å². The molecule has 2 heterocycles. The van der Waals surface area contributed by atoms with Crippen LogP contribution in [0, 0.1) is 0 Å². The van der Waals surface area contributed by atoms with Gasteiger partial charge >= 0.3 is 0 Å². The van der Waals surface area contributed by atoms with E-state index in [0.717, 1.165) is 18.1 Å². The van der Waals surface area contributed by atoms with E-state index in [1.165, 1.54) is 0 Å². The van der Waals surface area contributed by atoms with Crippen LogP contribution in [0.5, 0.6) is 0 Å². The summed E-state index contributed by atoms with van der Waals surface area (Å²) >= 11 is 0. The Hall–Kier alpha value is -1.98. The Kier molecular flexibility index (Phi) is 2.57. The second kappa shape index (κ2) is 4.04. The molecule has 2 rings (SSSR count). The lowest BCUT2D eigenvalue weighted by molar-refractivity contribution is 0.763. The number of H-pyrrole nitrogens is 1. The summed E-state index contributed by atoms with van der Waals surface area (Å²) in [5.41, 5.74) is 6.61. The molecule has 0 unspecified atom stereocenters. The first kappa shape index (κ1) is 9.57. The van der Waals surface area contributed by atoms with Gasteiger partial charge in [-0.1, -0.05) is 0 Å². The van der Waals surface area contributed by atoms with Crippen molar-refractivity contribution in [3.63, 3.8) is 0 Å². The van der Waals surface area contributed by atoms with Crippen LogP contribution in [-0.4, -0.2) is 19.7 Å². The molecule has 0 aliphatic carbocycles. The zero-order valence-electron chi connectivity index (χ0n) is 8.57. The van der Waals surface area contributed by atoms with Crippen molar-refractivity contribution in [2.45, 2.75) is 20.0 Å². The maximum atomic E-state index is 5.67. The summed E-state index contributed by atoms with van der Waals surface area (Å²) in [6.45, 7) is 3.58.